The number of nitrogens with zero attached hydrogens (tertiary/aromatic N) is 9. The Bertz CT molecular complexity index is 9360. The molecule has 0 saturated carbocycles. The highest BCUT2D eigenvalue weighted by Crippen LogP contribution is 2.50. The van der Waals surface area contributed by atoms with Gasteiger partial charge in [0, 0.05) is 150 Å². The summed E-state index contributed by atoms with van der Waals surface area (Å²) in [6, 6.07) is 198. The van der Waals surface area contributed by atoms with Crippen molar-refractivity contribution < 1.29 is 0 Å². The highest BCUT2D eigenvalue weighted by molar-refractivity contribution is 6.31. The van der Waals surface area contributed by atoms with E-state index in [1.165, 1.54) is 153 Å². The van der Waals surface area contributed by atoms with E-state index >= 15 is 0 Å². The Kier molecular flexibility index (Phi) is 20.7. The van der Waals surface area contributed by atoms with Gasteiger partial charge < -0.3 is 42.1 Å². The first-order valence-corrected chi connectivity index (χ1v) is 48.2. The summed E-state index contributed by atoms with van der Waals surface area (Å²) in [4.78, 5) is 6.94. The zero-order valence-electron chi connectivity index (χ0n) is 77.1. The van der Waals surface area contributed by atoms with Gasteiger partial charge in [0.2, 0.25) is 0 Å². The second-order valence-corrected chi connectivity index (χ2v) is 35.8. The van der Waals surface area contributed by atoms with Crippen molar-refractivity contribution in [1.82, 2.24) is 27.4 Å². The standard InChI is InChI=1S/C48H33N3.2C42H29N3/c1-4-14-36(15-5-1)49(37-16-6-2-7-17-37)39-28-24-34(25-29-39)35-26-30-40(31-27-35)50-45-23-13-11-21-43(45)47-46(50)33-32-42-41-20-10-12-22-44(41)51(48(42)47)38-18-8-3-9-19-38;1-5-15-30(16-6-1)43(31-17-7-2-8-18-31)34-25-26-38-36(29-34)42-40(45(38)33-21-11-4-12-22-33)28-27-39-41(42)35-23-13-14-24-37(35)44(39)32-19-9-3-10-20-32;1-4-14-30(15-5-1)43(31-16-6-2-7-17-31)33-24-26-34(27-25-33)45-38-23-13-11-21-36(38)42-40(45)29-28-39-41(42)35-20-10-12-22-37(35)44(39)32-18-8-3-9-19-32/h1-33H;2*1-29H. The van der Waals surface area contributed by atoms with Gasteiger partial charge in [-0.15, -0.1) is 0 Å². The topological polar surface area (TPSA) is 39.3 Å². The molecule has 0 unspecified atom stereocenters. The Labute approximate surface area is 815 Å². The zero-order chi connectivity index (χ0) is 93.2. The summed E-state index contributed by atoms with van der Waals surface area (Å²) in [7, 11) is 0. The molecule has 9 nitrogen and oxygen atoms in total. The van der Waals surface area contributed by atoms with Crippen LogP contribution in [0.1, 0.15) is 0 Å². The zero-order valence-corrected chi connectivity index (χ0v) is 77.1. The summed E-state index contributed by atoms with van der Waals surface area (Å²) in [6.07, 6.45) is 0. The smallest absolute Gasteiger partial charge is 0.0641 e. The van der Waals surface area contributed by atoms with Gasteiger partial charge in [-0.25, -0.2) is 0 Å². The lowest BCUT2D eigenvalue weighted by atomic mass is 10.0. The molecule has 0 saturated heterocycles. The van der Waals surface area contributed by atoms with E-state index in [1.54, 1.807) is 0 Å². The number of anilines is 9. The van der Waals surface area contributed by atoms with Crippen molar-refractivity contribution in [3.05, 3.63) is 552 Å². The lowest BCUT2D eigenvalue weighted by molar-refractivity contribution is 1.17. The molecule has 0 bridgehead atoms. The van der Waals surface area contributed by atoms with Gasteiger partial charge in [0.25, 0.3) is 0 Å². The van der Waals surface area contributed by atoms with E-state index in [4.69, 9.17) is 0 Å². The van der Waals surface area contributed by atoms with E-state index in [2.05, 4.69) is 594 Å². The third kappa shape index (κ3) is 14.3. The molecule has 0 N–H and O–H groups in total. The molecule has 0 aliphatic rings. The van der Waals surface area contributed by atoms with E-state index in [1.807, 2.05) is 0 Å². The molecule has 0 fully saturated rings. The van der Waals surface area contributed by atoms with Gasteiger partial charge in [-0.1, -0.05) is 303 Å². The minimum Gasteiger partial charge on any atom is -0.311 e. The molecule has 0 aliphatic carbocycles. The third-order valence-electron chi connectivity index (χ3n) is 27.8. The Morgan fingerprint density at radius 3 is 0.645 bits per heavy atom. The molecule has 664 valence electrons. The molecule has 0 spiro atoms. The molecular formula is C132H91N9. The van der Waals surface area contributed by atoms with Gasteiger partial charge in [0.15, 0.2) is 0 Å². The minimum absolute atomic E-state index is 1.12. The summed E-state index contributed by atoms with van der Waals surface area (Å²) >= 11 is 0. The van der Waals surface area contributed by atoms with Gasteiger partial charge in [-0.2, -0.15) is 0 Å². The number of para-hydroxylation sites is 15. The third-order valence-corrected chi connectivity index (χ3v) is 27.8. The molecule has 6 heterocycles. The van der Waals surface area contributed by atoms with Crippen LogP contribution in [0.25, 0.3) is 176 Å². The van der Waals surface area contributed by atoms with E-state index < -0.39 is 0 Å². The number of aromatic nitrogens is 6. The second kappa shape index (κ2) is 35.4. The molecule has 141 heavy (non-hydrogen) atoms. The molecule has 6 aromatic heterocycles. The number of hydrogen-bond acceptors (Lipinski definition) is 3. The fraction of sp³-hybridized carbons (Fsp3) is 0. The molecule has 0 amide bonds. The summed E-state index contributed by atoms with van der Waals surface area (Å²) < 4.78 is 14.5. The van der Waals surface area contributed by atoms with Gasteiger partial charge in [-0.05, 0) is 260 Å². The average molecular weight is 1800 g/mol. The van der Waals surface area contributed by atoms with Crippen LogP contribution in [0.2, 0.25) is 0 Å². The highest BCUT2D eigenvalue weighted by Gasteiger charge is 2.28. The molecule has 0 atom stereocenters. The number of fused-ring (bicyclic) bond motifs is 21. The highest BCUT2D eigenvalue weighted by atomic mass is 15.2. The number of rotatable bonds is 16. The van der Waals surface area contributed by atoms with E-state index in [-0.39, 0.29) is 0 Å². The first kappa shape index (κ1) is 82.7. The number of hydrogen-bond donors (Lipinski definition) is 0. The lowest BCUT2D eigenvalue weighted by Crippen LogP contribution is -2.09. The SMILES string of the molecule is c1ccc(N(c2ccccc2)c2ccc(-c3ccc(-n4c5ccccc5c5c4ccc4c6ccccc6n(-c6ccccc6)c45)cc3)cc2)cc1.c1ccc(N(c2ccccc2)c2ccc(-n3c4ccccc4c4c5c6ccccc6n(-c6ccccc6)c5ccc43)cc2)cc1.c1ccc(N(c2ccccc2)c2ccc3c(c2)c2c4c5ccccc5n(-c5ccccc5)c4ccc2n3-c2ccccc2)cc1. The van der Waals surface area contributed by atoms with Gasteiger partial charge >= 0.3 is 0 Å². The van der Waals surface area contributed by atoms with Crippen LogP contribution in [-0.4, -0.2) is 27.4 Å². The van der Waals surface area contributed by atoms with Crippen LogP contribution in [0.5, 0.6) is 0 Å². The van der Waals surface area contributed by atoms with Crippen molar-refractivity contribution in [2.24, 2.45) is 0 Å². The molecule has 0 radical (unpaired) electrons. The maximum atomic E-state index is 2.44. The van der Waals surface area contributed by atoms with E-state index in [9.17, 15) is 0 Å². The van der Waals surface area contributed by atoms with Crippen molar-refractivity contribution in [2.45, 2.75) is 0 Å². The first-order valence-electron chi connectivity index (χ1n) is 48.2. The summed E-state index contributed by atoms with van der Waals surface area (Å²) in [5.74, 6) is 0. The van der Waals surface area contributed by atoms with Crippen LogP contribution >= 0.6 is 0 Å². The Balaban J connectivity index is 0.000000109. The lowest BCUT2D eigenvalue weighted by Gasteiger charge is -2.25. The fourth-order valence-corrected chi connectivity index (χ4v) is 21.9. The van der Waals surface area contributed by atoms with Gasteiger partial charge in [-0.3, -0.25) is 0 Å². The monoisotopic (exact) mass is 1800 g/mol. The van der Waals surface area contributed by atoms with Crippen molar-refractivity contribution >= 4 is 182 Å². The minimum atomic E-state index is 1.12. The predicted molar refractivity (Wildman–Crippen MR) is 595 cm³/mol. The maximum absolute atomic E-state index is 2.44. The summed E-state index contributed by atoms with van der Waals surface area (Å²) in [6.45, 7) is 0. The van der Waals surface area contributed by atoms with Gasteiger partial charge in [0.1, 0.15) is 0 Å². The van der Waals surface area contributed by atoms with Crippen LogP contribution < -0.4 is 14.7 Å². The largest absolute Gasteiger partial charge is 0.311 e. The fourth-order valence-electron chi connectivity index (χ4n) is 21.9. The van der Waals surface area contributed by atoms with Crippen molar-refractivity contribution in [2.75, 3.05) is 14.7 Å². The van der Waals surface area contributed by atoms with Crippen LogP contribution in [0.4, 0.5) is 51.2 Å². The summed E-state index contributed by atoms with van der Waals surface area (Å²) in [5.41, 5.74) is 33.9. The van der Waals surface area contributed by atoms with Gasteiger partial charge in [0.05, 0.1) is 66.2 Å². The normalized spacial score (nSPS) is 11.5. The average Bonchev–Trinajstić information content (AvgIpc) is 1.55. The second-order valence-electron chi connectivity index (χ2n) is 35.8. The Morgan fingerprint density at radius 1 is 0.113 bits per heavy atom. The quantitative estimate of drug-likeness (QED) is 0.0968. The molecular weight excluding hydrogens is 1710 g/mol. The van der Waals surface area contributed by atoms with Crippen LogP contribution in [0.3, 0.4) is 0 Å². The Morgan fingerprint density at radius 2 is 0.312 bits per heavy atom. The van der Waals surface area contributed by atoms with Crippen LogP contribution in [-0.2, 0) is 0 Å². The number of benzene rings is 22. The molecule has 22 aromatic carbocycles. The molecule has 9 heteroatoms. The molecule has 0 aliphatic heterocycles. The van der Waals surface area contributed by atoms with Crippen LogP contribution in [0.15, 0.2) is 552 Å². The predicted octanol–water partition coefficient (Wildman–Crippen LogP) is 35.7. The van der Waals surface area contributed by atoms with Crippen molar-refractivity contribution in [1.29, 1.82) is 0 Å². The first-order chi connectivity index (χ1) is 70.1. The molecule has 28 aromatic rings. The van der Waals surface area contributed by atoms with E-state index in [0.717, 1.165) is 73.9 Å². The van der Waals surface area contributed by atoms with Crippen molar-refractivity contribution in [3.8, 4) is 45.3 Å². The van der Waals surface area contributed by atoms with Crippen molar-refractivity contribution in [3.63, 3.8) is 0 Å². The van der Waals surface area contributed by atoms with E-state index in [0.29, 0.717) is 0 Å². The van der Waals surface area contributed by atoms with Crippen LogP contribution in [0, 0.1) is 0 Å². The molecule has 28 rings (SSSR count). The maximum Gasteiger partial charge on any atom is 0.0641 e. The Hall–Kier alpha value is -19.0. The summed E-state index contributed by atoms with van der Waals surface area (Å²) in [5, 5.41) is 15.2.